The highest BCUT2D eigenvalue weighted by atomic mass is 16.7. The second kappa shape index (κ2) is 7.07. The summed E-state index contributed by atoms with van der Waals surface area (Å²) in [6.45, 7) is 8.94. The summed E-state index contributed by atoms with van der Waals surface area (Å²) in [5, 5.41) is 0. The van der Waals surface area contributed by atoms with Crippen LogP contribution in [-0.2, 0) is 42.9 Å². The smallest absolute Gasteiger partial charge is 0.339 e. The van der Waals surface area contributed by atoms with Crippen molar-refractivity contribution in [2.45, 2.75) is 89.5 Å². The van der Waals surface area contributed by atoms with Gasteiger partial charge in [-0.25, -0.2) is 4.79 Å². The molecule has 0 amide bonds. The second-order valence-electron chi connectivity index (χ2n) is 12.9. The fourth-order valence-corrected chi connectivity index (χ4v) is 9.84. The molecule has 10 atom stereocenters. The summed E-state index contributed by atoms with van der Waals surface area (Å²) in [7, 11) is 0. The van der Waals surface area contributed by atoms with Gasteiger partial charge in [-0.3, -0.25) is 14.4 Å². The van der Waals surface area contributed by atoms with Crippen molar-refractivity contribution in [1.29, 1.82) is 0 Å². The van der Waals surface area contributed by atoms with Gasteiger partial charge in [-0.1, -0.05) is 13.8 Å². The molecule has 5 heterocycles. The van der Waals surface area contributed by atoms with Crippen LogP contribution in [0.2, 0.25) is 0 Å². The third kappa shape index (κ3) is 2.48. The Bertz CT molecular complexity index is 1270. The normalized spacial score (nSPS) is 49.9. The maximum atomic E-state index is 14.6. The van der Waals surface area contributed by atoms with Gasteiger partial charge in [0.15, 0.2) is 18.0 Å². The number of hydrogen-bond acceptors (Lipinski definition) is 10. The molecule has 204 valence electrons. The van der Waals surface area contributed by atoms with Crippen molar-refractivity contribution in [3.8, 4) is 0 Å². The van der Waals surface area contributed by atoms with Crippen molar-refractivity contribution in [1.82, 2.24) is 0 Å². The van der Waals surface area contributed by atoms with Crippen LogP contribution in [0.4, 0.5) is 0 Å². The molecule has 6 fully saturated rings. The molecule has 4 aliphatic heterocycles. The van der Waals surface area contributed by atoms with E-state index in [4.69, 9.17) is 28.1 Å². The predicted molar refractivity (Wildman–Crippen MR) is 125 cm³/mol. The van der Waals surface area contributed by atoms with E-state index in [1.54, 1.807) is 12.3 Å². The van der Waals surface area contributed by atoms with Crippen LogP contribution in [0.5, 0.6) is 0 Å². The summed E-state index contributed by atoms with van der Waals surface area (Å²) >= 11 is 0. The Labute approximate surface area is 219 Å². The lowest BCUT2D eigenvalue weighted by molar-refractivity contribution is -0.255. The fourth-order valence-electron chi connectivity index (χ4n) is 9.84. The minimum absolute atomic E-state index is 0.0243. The number of Topliss-reactive ketones (excluding diaryl/α,β-unsaturated/α-hetero) is 1. The van der Waals surface area contributed by atoms with E-state index >= 15 is 0 Å². The predicted octanol–water partition coefficient (Wildman–Crippen LogP) is 2.68. The molecule has 4 saturated heterocycles. The average molecular weight is 529 g/mol. The van der Waals surface area contributed by atoms with Crippen molar-refractivity contribution in [2.24, 2.45) is 28.1 Å². The average Bonchev–Trinajstić information content (AvgIpc) is 3.30. The Morgan fingerprint density at radius 2 is 1.84 bits per heavy atom. The number of epoxide rings is 1. The Hall–Kier alpha value is -2.72. The van der Waals surface area contributed by atoms with E-state index < -0.39 is 69.7 Å². The summed E-state index contributed by atoms with van der Waals surface area (Å²) in [6.07, 6.45) is 1.01. The first-order valence-corrected chi connectivity index (χ1v) is 13.3. The number of cyclic esters (lactones) is 2. The first kappa shape index (κ1) is 24.3. The summed E-state index contributed by atoms with van der Waals surface area (Å²) in [5.74, 6) is -2.73. The Morgan fingerprint density at radius 3 is 2.53 bits per heavy atom. The fraction of sp³-hybridized carbons (Fsp3) is 0.714. The maximum absolute atomic E-state index is 14.6. The number of ketones is 1. The summed E-state index contributed by atoms with van der Waals surface area (Å²) in [4.78, 5) is 52.9. The second-order valence-corrected chi connectivity index (χ2v) is 12.9. The van der Waals surface area contributed by atoms with Crippen LogP contribution in [0.25, 0.3) is 0 Å². The lowest BCUT2D eigenvalue weighted by atomic mass is 9.36. The van der Waals surface area contributed by atoms with E-state index in [9.17, 15) is 19.2 Å². The molecule has 6 aliphatic rings. The molecule has 1 aromatic heterocycles. The van der Waals surface area contributed by atoms with Gasteiger partial charge in [-0.2, -0.15) is 0 Å². The number of esters is 3. The Morgan fingerprint density at radius 1 is 1.08 bits per heavy atom. The number of hydrogen-bond donors (Lipinski definition) is 0. The van der Waals surface area contributed by atoms with Gasteiger partial charge in [-0.15, -0.1) is 0 Å². The molecule has 7 rings (SSSR count). The first-order valence-electron chi connectivity index (χ1n) is 13.3. The van der Waals surface area contributed by atoms with Gasteiger partial charge in [0.2, 0.25) is 0 Å². The molecule has 1 aromatic rings. The van der Waals surface area contributed by atoms with E-state index in [-0.39, 0.29) is 30.7 Å². The Kier molecular flexibility index (Phi) is 4.53. The van der Waals surface area contributed by atoms with Gasteiger partial charge >= 0.3 is 17.9 Å². The SMILES string of the molecule is CC(=O)O[C@@H]1C(=O)[C@@H]2C(C)(C)O[C@H]3CC(=O)OC[C@]32[C@H]2CC[C@]3(C)[C@H](c4ccoc4)OC(=O)[C@H]4O[C@]43[C@]12C. The van der Waals surface area contributed by atoms with E-state index in [0.29, 0.717) is 18.4 Å². The molecule has 38 heavy (non-hydrogen) atoms. The number of furan rings is 1. The van der Waals surface area contributed by atoms with Gasteiger partial charge in [0.25, 0.3) is 0 Å². The molecule has 0 N–H and O–H groups in total. The Balaban J connectivity index is 1.46. The number of carbonyl (C=O) groups is 4. The molecule has 2 aliphatic carbocycles. The van der Waals surface area contributed by atoms with Crippen LogP contribution in [-0.4, -0.2) is 59.8 Å². The molecule has 0 aromatic carbocycles. The van der Waals surface area contributed by atoms with Gasteiger partial charge in [-0.05, 0) is 38.7 Å². The van der Waals surface area contributed by atoms with Gasteiger partial charge < -0.3 is 28.1 Å². The number of rotatable bonds is 2. The zero-order valence-electron chi connectivity index (χ0n) is 22.1. The molecular weight excluding hydrogens is 496 g/mol. The number of carbonyl (C=O) groups excluding carboxylic acids is 4. The van der Waals surface area contributed by atoms with Crippen LogP contribution < -0.4 is 0 Å². The molecule has 0 bridgehead atoms. The quantitative estimate of drug-likeness (QED) is 0.321. The number of fused-ring (bicyclic) bond motifs is 1. The molecule has 10 nitrogen and oxygen atoms in total. The molecule has 0 unspecified atom stereocenters. The molecule has 0 radical (unpaired) electrons. The van der Waals surface area contributed by atoms with E-state index in [1.165, 1.54) is 13.2 Å². The topological polar surface area (TPSA) is 131 Å². The third-order valence-electron chi connectivity index (χ3n) is 10.9. The maximum Gasteiger partial charge on any atom is 0.339 e. The zero-order chi connectivity index (χ0) is 27.0. The minimum atomic E-state index is -1.18. The first-order chi connectivity index (χ1) is 17.8. The van der Waals surface area contributed by atoms with Crippen LogP contribution >= 0.6 is 0 Å². The van der Waals surface area contributed by atoms with Crippen LogP contribution in [0.3, 0.4) is 0 Å². The van der Waals surface area contributed by atoms with Gasteiger partial charge in [0.1, 0.15) is 18.3 Å². The van der Waals surface area contributed by atoms with Crippen LogP contribution in [0.15, 0.2) is 23.0 Å². The van der Waals surface area contributed by atoms with Crippen molar-refractivity contribution < 1.29 is 47.3 Å². The van der Waals surface area contributed by atoms with E-state index in [0.717, 1.165) is 0 Å². The highest BCUT2D eigenvalue weighted by Crippen LogP contribution is 2.80. The van der Waals surface area contributed by atoms with Crippen molar-refractivity contribution in [3.05, 3.63) is 24.2 Å². The monoisotopic (exact) mass is 528 g/mol. The minimum Gasteiger partial charge on any atom is -0.472 e. The molecular formula is C28H32O10. The van der Waals surface area contributed by atoms with Crippen molar-refractivity contribution >= 4 is 23.7 Å². The lowest BCUT2D eigenvalue weighted by Gasteiger charge is -2.66. The molecule has 2 saturated carbocycles. The molecule has 10 heteroatoms. The largest absolute Gasteiger partial charge is 0.472 e. The van der Waals surface area contributed by atoms with E-state index in [2.05, 4.69) is 0 Å². The summed E-state index contributed by atoms with van der Waals surface area (Å²) < 4.78 is 35.8. The van der Waals surface area contributed by atoms with Gasteiger partial charge in [0, 0.05) is 28.7 Å². The van der Waals surface area contributed by atoms with Crippen molar-refractivity contribution in [2.75, 3.05) is 6.61 Å². The standard InChI is InChI=1S/C28H32O10/c1-13(29)35-21-18(31)19-24(2,3)37-16-10-17(30)34-12-27(16,19)15-6-8-25(4)20(14-7-9-33-11-14)36-23(32)22-28(25,38-22)26(15,21)5/h7,9,11,15-16,19-22H,6,8,10,12H2,1-5H3/t15-,16-,19+,20-,21+,22+,25+,26-,27-,28+/m0/s1. The lowest BCUT2D eigenvalue weighted by Crippen LogP contribution is -2.76. The number of ether oxygens (including phenoxy) is 5. The zero-order valence-corrected chi connectivity index (χ0v) is 22.1. The molecule has 2 spiro atoms. The van der Waals surface area contributed by atoms with Gasteiger partial charge in [0.05, 0.1) is 36.6 Å². The van der Waals surface area contributed by atoms with Crippen LogP contribution in [0, 0.1) is 28.1 Å². The van der Waals surface area contributed by atoms with E-state index in [1.807, 2.05) is 27.7 Å². The van der Waals surface area contributed by atoms with Crippen molar-refractivity contribution in [3.63, 3.8) is 0 Å². The summed E-state index contributed by atoms with van der Waals surface area (Å²) in [5.41, 5.74) is -4.10. The highest BCUT2D eigenvalue weighted by molar-refractivity contribution is 5.93. The highest BCUT2D eigenvalue weighted by Gasteiger charge is 2.91. The third-order valence-corrected chi connectivity index (χ3v) is 10.9. The van der Waals surface area contributed by atoms with Crippen LogP contribution in [0.1, 0.15) is 65.5 Å². The summed E-state index contributed by atoms with van der Waals surface area (Å²) in [6, 6.07) is 1.77.